The Morgan fingerprint density at radius 1 is 1.41 bits per heavy atom. The van der Waals surface area contributed by atoms with Gasteiger partial charge >= 0.3 is 0 Å². The van der Waals surface area contributed by atoms with Crippen LogP contribution >= 0.6 is 0 Å². The monoisotopic (exact) mass is 312 g/mol. The minimum Gasteiger partial charge on any atom is -0.361 e. The van der Waals surface area contributed by atoms with Crippen molar-refractivity contribution in [1.82, 2.24) is 9.80 Å². The molecule has 2 atom stereocenters. The van der Waals surface area contributed by atoms with E-state index in [2.05, 4.69) is 0 Å². The third kappa shape index (κ3) is 3.50. The van der Waals surface area contributed by atoms with E-state index in [-0.39, 0.29) is 18.2 Å². The van der Waals surface area contributed by atoms with E-state index < -0.39 is 11.8 Å². The van der Waals surface area contributed by atoms with Gasteiger partial charge in [0.25, 0.3) is 5.92 Å². The highest BCUT2D eigenvalue weighted by Gasteiger charge is 2.58. The molecule has 0 spiro atoms. The quantitative estimate of drug-likeness (QED) is 0.791. The van der Waals surface area contributed by atoms with E-state index >= 15 is 0 Å². The lowest BCUT2D eigenvalue weighted by Crippen LogP contribution is -2.33. The Kier molecular flexibility index (Phi) is 4.93. The zero-order chi connectivity index (χ0) is 16.5. The third-order valence-corrected chi connectivity index (χ3v) is 4.58. The molecule has 0 bridgehead atoms. The van der Waals surface area contributed by atoms with Gasteiger partial charge in [0.05, 0.1) is 5.92 Å². The maximum atomic E-state index is 13.5. The fourth-order valence-electron chi connectivity index (χ4n) is 2.87. The Bertz CT molecular complexity index is 499. The smallest absolute Gasteiger partial charge is 0.255 e. The predicted molar refractivity (Wildman–Crippen MR) is 83.3 cm³/mol. The van der Waals surface area contributed by atoms with Crippen molar-refractivity contribution >= 4 is 5.91 Å². The lowest BCUT2D eigenvalue weighted by Gasteiger charge is -2.27. The van der Waals surface area contributed by atoms with Crippen LogP contribution in [0.25, 0.3) is 0 Å². The number of halogens is 2. The molecule has 0 aromatic carbocycles. The number of carbonyl (C=O) groups is 1. The van der Waals surface area contributed by atoms with Crippen molar-refractivity contribution in [2.75, 3.05) is 20.6 Å². The molecule has 0 aromatic rings. The van der Waals surface area contributed by atoms with Gasteiger partial charge in [-0.25, -0.2) is 8.78 Å². The van der Waals surface area contributed by atoms with Crippen molar-refractivity contribution in [3.8, 4) is 0 Å². The van der Waals surface area contributed by atoms with E-state index in [4.69, 9.17) is 0 Å². The normalized spacial score (nSPS) is 30.7. The fourth-order valence-corrected chi connectivity index (χ4v) is 2.87. The Morgan fingerprint density at radius 2 is 2.05 bits per heavy atom. The highest BCUT2D eigenvalue weighted by Crippen LogP contribution is 2.53. The summed E-state index contributed by atoms with van der Waals surface area (Å²) < 4.78 is 27.0. The summed E-state index contributed by atoms with van der Waals surface area (Å²) in [4.78, 5) is 15.9. The molecule has 1 saturated carbocycles. The number of hydrogen-bond acceptors (Lipinski definition) is 2. The molecule has 124 valence electrons. The molecule has 1 aliphatic carbocycles. The summed E-state index contributed by atoms with van der Waals surface area (Å²) in [6.07, 6.45) is 6.10. The van der Waals surface area contributed by atoms with E-state index in [0.29, 0.717) is 5.57 Å². The number of allylic oxidation sites excluding steroid dienone is 3. The van der Waals surface area contributed by atoms with Crippen molar-refractivity contribution in [3.05, 3.63) is 23.5 Å². The van der Waals surface area contributed by atoms with Gasteiger partial charge in [-0.05, 0) is 24.5 Å². The Morgan fingerprint density at radius 3 is 2.59 bits per heavy atom. The lowest BCUT2D eigenvalue weighted by atomic mass is 10.1. The first-order valence-corrected chi connectivity index (χ1v) is 8.06. The highest BCUT2D eigenvalue weighted by molar-refractivity contribution is 5.80. The molecule has 2 rings (SSSR count). The molecule has 2 unspecified atom stereocenters. The molecule has 5 heteroatoms. The molecule has 2 aliphatic rings. The molecule has 0 aromatic heterocycles. The molecule has 1 amide bonds. The van der Waals surface area contributed by atoms with Crippen molar-refractivity contribution in [2.24, 2.45) is 11.8 Å². The fraction of sp³-hybridized carbons (Fsp3) is 0.706. The second-order valence-corrected chi connectivity index (χ2v) is 6.52. The summed E-state index contributed by atoms with van der Waals surface area (Å²) in [7, 11) is 3.64. The number of unbranched alkanes of at least 4 members (excludes halogenated alkanes) is 1. The SMILES string of the molecule is CCC/C=C(/C=C1\N(C)CCC(C)C(=O)N1C)C1CC1(F)F. The first-order valence-electron chi connectivity index (χ1n) is 8.06. The van der Waals surface area contributed by atoms with E-state index in [1.54, 1.807) is 18.0 Å². The molecule has 1 heterocycles. The highest BCUT2D eigenvalue weighted by atomic mass is 19.3. The van der Waals surface area contributed by atoms with Gasteiger partial charge in [-0.1, -0.05) is 26.3 Å². The first kappa shape index (κ1) is 17.0. The van der Waals surface area contributed by atoms with Gasteiger partial charge in [-0.2, -0.15) is 0 Å². The summed E-state index contributed by atoms with van der Waals surface area (Å²) >= 11 is 0. The number of carbonyl (C=O) groups excluding carboxylic acids is 1. The van der Waals surface area contributed by atoms with Crippen LogP contribution in [0.5, 0.6) is 0 Å². The number of nitrogens with zero attached hydrogens (tertiary/aromatic N) is 2. The van der Waals surface area contributed by atoms with Gasteiger partial charge in [0.15, 0.2) is 0 Å². The number of alkyl halides is 2. The van der Waals surface area contributed by atoms with E-state index in [1.807, 2.05) is 31.9 Å². The molecular formula is C17H26F2N2O. The molecule has 2 fully saturated rings. The third-order valence-electron chi connectivity index (χ3n) is 4.58. The second-order valence-electron chi connectivity index (χ2n) is 6.52. The topological polar surface area (TPSA) is 23.6 Å². The van der Waals surface area contributed by atoms with Crippen LogP contribution in [-0.4, -0.2) is 42.3 Å². The minimum atomic E-state index is -2.59. The van der Waals surface area contributed by atoms with Gasteiger partial charge in [-0.15, -0.1) is 0 Å². The van der Waals surface area contributed by atoms with Crippen molar-refractivity contribution in [2.45, 2.75) is 45.5 Å². The standard InChI is InChI=1S/C17H26F2N2O/c1-5-6-7-13(14-11-17(14,18)19)10-15-20(3)9-8-12(2)16(22)21(15)4/h7,10,12,14H,5-6,8-9,11H2,1-4H3/b13-7-,15-10+. The number of hydrogen-bond donors (Lipinski definition) is 0. The van der Waals surface area contributed by atoms with Crippen LogP contribution in [0.2, 0.25) is 0 Å². The van der Waals surface area contributed by atoms with Crippen LogP contribution in [-0.2, 0) is 4.79 Å². The average Bonchev–Trinajstić information content (AvgIpc) is 3.12. The molecule has 1 aliphatic heterocycles. The van der Waals surface area contributed by atoms with Crippen LogP contribution in [0.1, 0.15) is 39.5 Å². The van der Waals surface area contributed by atoms with Crippen LogP contribution in [0, 0.1) is 11.8 Å². The summed E-state index contributed by atoms with van der Waals surface area (Å²) in [5.74, 6) is -2.55. The summed E-state index contributed by atoms with van der Waals surface area (Å²) in [6.45, 7) is 4.70. The van der Waals surface area contributed by atoms with Gasteiger partial charge < -0.3 is 9.80 Å². The maximum absolute atomic E-state index is 13.5. The van der Waals surface area contributed by atoms with E-state index in [0.717, 1.165) is 31.6 Å². The molecule has 1 saturated heterocycles. The first-order chi connectivity index (χ1) is 10.3. The maximum Gasteiger partial charge on any atom is 0.255 e. The molecule has 22 heavy (non-hydrogen) atoms. The average molecular weight is 312 g/mol. The number of amides is 1. The zero-order valence-corrected chi connectivity index (χ0v) is 13.9. The van der Waals surface area contributed by atoms with E-state index in [9.17, 15) is 13.6 Å². The lowest BCUT2D eigenvalue weighted by molar-refractivity contribution is -0.131. The molecule has 0 N–H and O–H groups in total. The van der Waals surface area contributed by atoms with Crippen LogP contribution in [0.15, 0.2) is 23.5 Å². The molecule has 0 radical (unpaired) electrons. The number of rotatable bonds is 4. The van der Waals surface area contributed by atoms with Crippen molar-refractivity contribution < 1.29 is 13.6 Å². The summed E-state index contributed by atoms with van der Waals surface area (Å²) in [5.41, 5.74) is 0.669. The summed E-state index contributed by atoms with van der Waals surface area (Å²) in [5, 5.41) is 0. The Labute approximate surface area is 131 Å². The molecule has 3 nitrogen and oxygen atoms in total. The van der Waals surface area contributed by atoms with Crippen LogP contribution in [0.3, 0.4) is 0 Å². The van der Waals surface area contributed by atoms with Gasteiger partial charge in [0, 0.05) is 33.0 Å². The van der Waals surface area contributed by atoms with Crippen LogP contribution < -0.4 is 0 Å². The second kappa shape index (κ2) is 6.39. The Balaban J connectivity index is 2.31. The predicted octanol–water partition coefficient (Wildman–Crippen LogP) is 3.64. The molecular weight excluding hydrogens is 286 g/mol. The Hall–Kier alpha value is -1.39. The minimum absolute atomic E-state index is 0.0382. The van der Waals surface area contributed by atoms with E-state index in [1.165, 1.54) is 0 Å². The van der Waals surface area contributed by atoms with Crippen LogP contribution in [0.4, 0.5) is 8.78 Å². The zero-order valence-electron chi connectivity index (χ0n) is 13.9. The van der Waals surface area contributed by atoms with Gasteiger partial charge in [-0.3, -0.25) is 4.79 Å². The summed E-state index contributed by atoms with van der Waals surface area (Å²) in [6, 6.07) is 0. The largest absolute Gasteiger partial charge is 0.361 e. The van der Waals surface area contributed by atoms with Crippen molar-refractivity contribution in [1.29, 1.82) is 0 Å². The van der Waals surface area contributed by atoms with Gasteiger partial charge in [0.2, 0.25) is 5.91 Å². The van der Waals surface area contributed by atoms with Crippen molar-refractivity contribution in [3.63, 3.8) is 0 Å². The van der Waals surface area contributed by atoms with Gasteiger partial charge in [0.1, 0.15) is 5.82 Å².